The van der Waals surface area contributed by atoms with Gasteiger partial charge in [-0.25, -0.2) is 0 Å². The van der Waals surface area contributed by atoms with Gasteiger partial charge in [0.2, 0.25) is 0 Å². The van der Waals surface area contributed by atoms with Gasteiger partial charge in [0, 0.05) is 31.9 Å². The van der Waals surface area contributed by atoms with Gasteiger partial charge >= 0.3 is 0 Å². The third kappa shape index (κ3) is 4.29. The van der Waals surface area contributed by atoms with Crippen molar-refractivity contribution in [2.45, 2.75) is 39.7 Å². The molecule has 1 atom stereocenters. The van der Waals surface area contributed by atoms with E-state index in [0.717, 1.165) is 37.8 Å². The van der Waals surface area contributed by atoms with Crippen LogP contribution in [0.2, 0.25) is 0 Å². The molecule has 3 heteroatoms. The summed E-state index contributed by atoms with van der Waals surface area (Å²) in [6.45, 7) is 11.2. The molecule has 106 valence electrons. The van der Waals surface area contributed by atoms with Gasteiger partial charge in [-0.2, -0.15) is 0 Å². The minimum absolute atomic E-state index is 0.490. The van der Waals surface area contributed by atoms with Gasteiger partial charge < -0.3 is 5.32 Å². The maximum Gasteiger partial charge on any atom is 0.0578 e. The van der Waals surface area contributed by atoms with E-state index < -0.39 is 0 Å². The van der Waals surface area contributed by atoms with E-state index in [9.17, 15) is 0 Å². The normalized spacial score (nSPS) is 18.7. The molecule has 1 fully saturated rings. The second-order valence-electron chi connectivity index (χ2n) is 5.98. The SMILES string of the molecule is Cc1cccc([C@H](CCC(C)C)N2CCNCC2)n1. The lowest BCUT2D eigenvalue weighted by atomic mass is 9.99. The van der Waals surface area contributed by atoms with Crippen LogP contribution in [0.5, 0.6) is 0 Å². The van der Waals surface area contributed by atoms with E-state index in [1.807, 2.05) is 0 Å². The minimum atomic E-state index is 0.490. The monoisotopic (exact) mass is 261 g/mol. The van der Waals surface area contributed by atoms with Gasteiger partial charge in [0.05, 0.1) is 11.7 Å². The summed E-state index contributed by atoms with van der Waals surface area (Å²) in [5.74, 6) is 0.759. The molecule has 1 saturated heterocycles. The van der Waals surface area contributed by atoms with Crippen LogP contribution >= 0.6 is 0 Å². The van der Waals surface area contributed by atoms with Crippen LogP contribution in [-0.4, -0.2) is 36.1 Å². The highest BCUT2D eigenvalue weighted by atomic mass is 15.2. The number of rotatable bonds is 5. The van der Waals surface area contributed by atoms with Crippen LogP contribution in [-0.2, 0) is 0 Å². The van der Waals surface area contributed by atoms with Gasteiger partial charge in [-0.15, -0.1) is 0 Å². The van der Waals surface area contributed by atoms with Crippen molar-refractivity contribution in [3.8, 4) is 0 Å². The summed E-state index contributed by atoms with van der Waals surface area (Å²) in [5, 5.41) is 3.44. The number of nitrogens with one attached hydrogen (secondary N) is 1. The molecule has 0 amide bonds. The summed E-state index contributed by atoms with van der Waals surface area (Å²) in [4.78, 5) is 7.36. The molecule has 3 nitrogen and oxygen atoms in total. The maximum absolute atomic E-state index is 4.76. The molecule has 1 aliphatic heterocycles. The van der Waals surface area contributed by atoms with E-state index in [1.54, 1.807) is 0 Å². The summed E-state index contributed by atoms with van der Waals surface area (Å²) in [7, 11) is 0. The zero-order chi connectivity index (χ0) is 13.7. The van der Waals surface area contributed by atoms with Crippen molar-refractivity contribution in [1.82, 2.24) is 15.2 Å². The fraction of sp³-hybridized carbons (Fsp3) is 0.688. The Morgan fingerprint density at radius 3 is 2.58 bits per heavy atom. The number of aryl methyl sites for hydroxylation is 1. The van der Waals surface area contributed by atoms with E-state index in [1.165, 1.54) is 18.5 Å². The molecule has 0 aliphatic carbocycles. The largest absolute Gasteiger partial charge is 0.314 e. The average molecular weight is 261 g/mol. The summed E-state index contributed by atoms with van der Waals surface area (Å²) >= 11 is 0. The Balaban J connectivity index is 2.12. The number of aromatic nitrogens is 1. The summed E-state index contributed by atoms with van der Waals surface area (Å²) in [6.07, 6.45) is 2.48. The van der Waals surface area contributed by atoms with Crippen molar-refractivity contribution in [2.24, 2.45) is 5.92 Å². The second kappa shape index (κ2) is 7.01. The lowest BCUT2D eigenvalue weighted by molar-refractivity contribution is 0.156. The molecule has 2 rings (SSSR count). The lowest BCUT2D eigenvalue weighted by Gasteiger charge is -2.35. The molecule has 1 N–H and O–H groups in total. The van der Waals surface area contributed by atoms with Gasteiger partial charge in [-0.1, -0.05) is 19.9 Å². The first-order valence-electron chi connectivity index (χ1n) is 7.55. The number of hydrogen-bond donors (Lipinski definition) is 1. The van der Waals surface area contributed by atoms with Gasteiger partial charge in [-0.3, -0.25) is 9.88 Å². The van der Waals surface area contributed by atoms with Crippen molar-refractivity contribution in [3.05, 3.63) is 29.6 Å². The van der Waals surface area contributed by atoms with Crippen molar-refractivity contribution in [1.29, 1.82) is 0 Å². The summed E-state index contributed by atoms with van der Waals surface area (Å²) < 4.78 is 0. The van der Waals surface area contributed by atoms with Crippen molar-refractivity contribution >= 4 is 0 Å². The van der Waals surface area contributed by atoms with Gasteiger partial charge in [0.25, 0.3) is 0 Å². The standard InChI is InChI=1S/C16H27N3/c1-13(2)7-8-16(19-11-9-17-10-12-19)15-6-4-5-14(3)18-15/h4-6,13,16-17H,7-12H2,1-3H3/t16-/m0/s1. The Hall–Kier alpha value is -0.930. The molecule has 1 aromatic heterocycles. The first kappa shape index (κ1) is 14.5. The maximum atomic E-state index is 4.76. The van der Waals surface area contributed by atoms with Crippen LogP contribution < -0.4 is 5.32 Å². The minimum Gasteiger partial charge on any atom is -0.314 e. The van der Waals surface area contributed by atoms with Gasteiger partial charge in [-0.05, 0) is 37.8 Å². The molecular weight excluding hydrogens is 234 g/mol. The molecule has 1 aliphatic rings. The Labute approximate surface area is 117 Å². The van der Waals surface area contributed by atoms with Crippen LogP contribution in [0.1, 0.15) is 44.1 Å². The molecule has 19 heavy (non-hydrogen) atoms. The molecular formula is C16H27N3. The predicted octanol–water partition coefficient (Wildman–Crippen LogP) is 2.77. The molecule has 0 aromatic carbocycles. The average Bonchev–Trinajstić information content (AvgIpc) is 2.40. The van der Waals surface area contributed by atoms with E-state index in [2.05, 4.69) is 49.2 Å². The van der Waals surface area contributed by atoms with Crippen LogP contribution in [0.25, 0.3) is 0 Å². The van der Waals surface area contributed by atoms with Gasteiger partial charge in [0.15, 0.2) is 0 Å². The summed E-state index contributed by atoms with van der Waals surface area (Å²) in [6, 6.07) is 6.91. The number of nitrogens with zero attached hydrogens (tertiary/aromatic N) is 2. The highest BCUT2D eigenvalue weighted by Crippen LogP contribution is 2.26. The van der Waals surface area contributed by atoms with Crippen molar-refractivity contribution in [2.75, 3.05) is 26.2 Å². The van der Waals surface area contributed by atoms with Crippen molar-refractivity contribution in [3.63, 3.8) is 0 Å². The van der Waals surface area contributed by atoms with E-state index in [4.69, 9.17) is 4.98 Å². The third-order valence-corrected chi connectivity index (χ3v) is 3.86. The highest BCUT2D eigenvalue weighted by molar-refractivity contribution is 5.14. The zero-order valence-electron chi connectivity index (χ0n) is 12.5. The Kier molecular flexibility index (Phi) is 5.34. The van der Waals surface area contributed by atoms with Crippen molar-refractivity contribution < 1.29 is 0 Å². The molecule has 0 saturated carbocycles. The predicted molar refractivity (Wildman–Crippen MR) is 80.2 cm³/mol. The van der Waals surface area contributed by atoms with Crippen LogP contribution in [0.3, 0.4) is 0 Å². The van der Waals surface area contributed by atoms with Crippen LogP contribution in [0, 0.1) is 12.8 Å². The molecule has 0 spiro atoms. The first-order chi connectivity index (χ1) is 9.16. The molecule has 0 unspecified atom stereocenters. The van der Waals surface area contributed by atoms with Gasteiger partial charge in [0.1, 0.15) is 0 Å². The highest BCUT2D eigenvalue weighted by Gasteiger charge is 2.23. The van der Waals surface area contributed by atoms with E-state index in [0.29, 0.717) is 6.04 Å². The Bertz CT molecular complexity index is 383. The molecule has 0 radical (unpaired) electrons. The van der Waals surface area contributed by atoms with Crippen LogP contribution in [0.4, 0.5) is 0 Å². The fourth-order valence-electron chi connectivity index (χ4n) is 2.75. The lowest BCUT2D eigenvalue weighted by Crippen LogP contribution is -2.45. The molecule has 2 heterocycles. The molecule has 0 bridgehead atoms. The zero-order valence-corrected chi connectivity index (χ0v) is 12.5. The smallest absolute Gasteiger partial charge is 0.0578 e. The Morgan fingerprint density at radius 2 is 1.95 bits per heavy atom. The van der Waals surface area contributed by atoms with Crippen LogP contribution in [0.15, 0.2) is 18.2 Å². The first-order valence-corrected chi connectivity index (χ1v) is 7.55. The quantitative estimate of drug-likeness (QED) is 0.883. The van der Waals surface area contributed by atoms with E-state index >= 15 is 0 Å². The fourth-order valence-corrected chi connectivity index (χ4v) is 2.75. The Morgan fingerprint density at radius 1 is 1.21 bits per heavy atom. The second-order valence-corrected chi connectivity index (χ2v) is 5.98. The summed E-state index contributed by atoms with van der Waals surface area (Å²) in [5.41, 5.74) is 2.38. The number of pyridine rings is 1. The third-order valence-electron chi connectivity index (χ3n) is 3.86. The topological polar surface area (TPSA) is 28.2 Å². The van der Waals surface area contributed by atoms with E-state index in [-0.39, 0.29) is 0 Å². The molecule has 1 aromatic rings. The number of piperazine rings is 1. The number of hydrogen-bond acceptors (Lipinski definition) is 3.